The van der Waals surface area contributed by atoms with Crippen molar-refractivity contribution in [3.05, 3.63) is 40.7 Å². The zero-order chi connectivity index (χ0) is 13.4. The second-order valence-corrected chi connectivity index (χ2v) is 5.12. The normalized spacial score (nSPS) is 20.8. The van der Waals surface area contributed by atoms with Crippen molar-refractivity contribution in [2.75, 3.05) is 12.3 Å². The second-order valence-electron chi connectivity index (χ2n) is 5.12. The van der Waals surface area contributed by atoms with Crippen molar-refractivity contribution in [1.82, 2.24) is 4.57 Å². The maximum atomic E-state index is 12.6. The molecule has 0 radical (unpaired) electrons. The number of benzene rings is 1. The summed E-state index contributed by atoms with van der Waals surface area (Å²) in [5, 5.41) is 1.60. The van der Waals surface area contributed by atoms with Gasteiger partial charge in [-0.05, 0) is 37.3 Å². The first-order valence-corrected chi connectivity index (χ1v) is 6.70. The molecule has 1 aromatic carbocycles. The highest BCUT2D eigenvalue weighted by atomic mass is 16.5. The van der Waals surface area contributed by atoms with Crippen molar-refractivity contribution in [3.8, 4) is 0 Å². The van der Waals surface area contributed by atoms with Crippen LogP contribution in [0.3, 0.4) is 0 Å². The molecule has 3 rings (SSSR count). The maximum Gasteiger partial charge on any atom is 0.260 e. The van der Waals surface area contributed by atoms with Gasteiger partial charge in [0, 0.05) is 12.0 Å². The fraction of sp³-hybridized carbons (Fsp3) is 0.400. The summed E-state index contributed by atoms with van der Waals surface area (Å²) in [5.74, 6) is 0.506. The largest absolute Gasteiger partial charge is 0.385 e. The van der Waals surface area contributed by atoms with Crippen LogP contribution in [0.2, 0.25) is 0 Å². The Bertz CT molecular complexity index is 657. The van der Waals surface area contributed by atoms with Gasteiger partial charge in [0.1, 0.15) is 5.82 Å². The fourth-order valence-corrected chi connectivity index (χ4v) is 2.86. The predicted octanol–water partition coefficient (Wildman–Crippen LogP) is 2.32. The summed E-state index contributed by atoms with van der Waals surface area (Å²) in [4.78, 5) is 12.6. The first kappa shape index (κ1) is 12.2. The minimum atomic E-state index is -0.0291. The molecule has 0 spiro atoms. The quantitative estimate of drug-likeness (QED) is 0.899. The van der Waals surface area contributed by atoms with Crippen molar-refractivity contribution in [2.24, 2.45) is 0 Å². The average Bonchev–Trinajstić information content (AvgIpc) is 2.92. The number of anilines is 1. The summed E-state index contributed by atoms with van der Waals surface area (Å²) in [6.07, 6.45) is 2.12. The van der Waals surface area contributed by atoms with Crippen LogP contribution in [0.5, 0.6) is 0 Å². The van der Waals surface area contributed by atoms with Gasteiger partial charge in [-0.15, -0.1) is 0 Å². The van der Waals surface area contributed by atoms with E-state index in [9.17, 15) is 4.79 Å². The SMILES string of the molecule is CC(C1CCCO1)n1c(N)cc2ccccc2c1=O. The van der Waals surface area contributed by atoms with E-state index in [2.05, 4.69) is 0 Å². The van der Waals surface area contributed by atoms with Crippen LogP contribution < -0.4 is 11.3 Å². The van der Waals surface area contributed by atoms with E-state index in [1.54, 1.807) is 4.57 Å². The lowest BCUT2D eigenvalue weighted by molar-refractivity contribution is 0.0730. The minimum Gasteiger partial charge on any atom is -0.385 e. The maximum absolute atomic E-state index is 12.6. The Hall–Kier alpha value is -1.81. The van der Waals surface area contributed by atoms with Crippen LogP contribution in [0.1, 0.15) is 25.8 Å². The number of pyridine rings is 1. The first-order valence-electron chi connectivity index (χ1n) is 6.70. The molecular weight excluding hydrogens is 240 g/mol. The highest BCUT2D eigenvalue weighted by Crippen LogP contribution is 2.26. The molecule has 4 nitrogen and oxygen atoms in total. The molecule has 0 saturated carbocycles. The number of nitrogens with two attached hydrogens (primary N) is 1. The average molecular weight is 258 g/mol. The Balaban J connectivity index is 2.15. The molecule has 1 saturated heterocycles. The van der Waals surface area contributed by atoms with Gasteiger partial charge in [0.05, 0.1) is 12.1 Å². The van der Waals surface area contributed by atoms with Crippen molar-refractivity contribution in [2.45, 2.75) is 31.9 Å². The Kier molecular flexibility index (Phi) is 3.03. The molecule has 1 aromatic heterocycles. The van der Waals surface area contributed by atoms with Gasteiger partial charge < -0.3 is 10.5 Å². The third-order valence-electron chi connectivity index (χ3n) is 3.90. The predicted molar refractivity (Wildman–Crippen MR) is 76.3 cm³/mol. The Morgan fingerprint density at radius 2 is 2.21 bits per heavy atom. The van der Waals surface area contributed by atoms with Crippen LogP contribution in [0.15, 0.2) is 35.1 Å². The van der Waals surface area contributed by atoms with Gasteiger partial charge in [-0.2, -0.15) is 0 Å². The number of rotatable bonds is 2. The van der Waals surface area contributed by atoms with Gasteiger partial charge in [0.2, 0.25) is 0 Å². The first-order chi connectivity index (χ1) is 9.18. The monoisotopic (exact) mass is 258 g/mol. The van der Waals surface area contributed by atoms with E-state index in [4.69, 9.17) is 10.5 Å². The van der Waals surface area contributed by atoms with Gasteiger partial charge in [0.25, 0.3) is 5.56 Å². The van der Waals surface area contributed by atoms with E-state index in [1.165, 1.54) is 0 Å². The lowest BCUT2D eigenvalue weighted by atomic mass is 10.1. The Morgan fingerprint density at radius 3 is 2.95 bits per heavy atom. The van der Waals surface area contributed by atoms with Crippen LogP contribution in [0.4, 0.5) is 5.82 Å². The Morgan fingerprint density at radius 1 is 1.42 bits per heavy atom. The van der Waals surface area contributed by atoms with Crippen molar-refractivity contribution in [1.29, 1.82) is 0 Å². The summed E-state index contributed by atoms with van der Waals surface area (Å²) < 4.78 is 7.34. The van der Waals surface area contributed by atoms with Crippen LogP contribution >= 0.6 is 0 Å². The molecule has 100 valence electrons. The number of aromatic nitrogens is 1. The topological polar surface area (TPSA) is 57.2 Å². The van der Waals surface area contributed by atoms with Gasteiger partial charge in [0.15, 0.2) is 0 Å². The molecule has 0 bridgehead atoms. The van der Waals surface area contributed by atoms with Gasteiger partial charge in [-0.1, -0.05) is 18.2 Å². The zero-order valence-corrected chi connectivity index (χ0v) is 11.0. The number of nitrogen functional groups attached to an aromatic ring is 1. The Labute approximate surface area is 111 Å². The second kappa shape index (κ2) is 4.70. The lowest BCUT2D eigenvalue weighted by Gasteiger charge is -2.23. The molecule has 1 aliphatic rings. The smallest absolute Gasteiger partial charge is 0.260 e. The molecule has 2 atom stereocenters. The van der Waals surface area contributed by atoms with Crippen molar-refractivity contribution in [3.63, 3.8) is 0 Å². The van der Waals surface area contributed by atoms with E-state index < -0.39 is 0 Å². The highest BCUT2D eigenvalue weighted by Gasteiger charge is 2.25. The third-order valence-corrected chi connectivity index (χ3v) is 3.90. The summed E-state index contributed by atoms with van der Waals surface area (Å²) in [7, 11) is 0. The standard InChI is InChI=1S/C15H18N2O2/c1-10(13-7-4-8-19-13)17-14(16)9-11-5-2-3-6-12(11)15(17)18/h2-3,5-6,9-10,13H,4,7-8,16H2,1H3. The number of hydrogen-bond acceptors (Lipinski definition) is 3. The number of ether oxygens (including phenoxy) is 1. The summed E-state index contributed by atoms with van der Waals surface area (Å²) in [6.45, 7) is 2.78. The molecule has 19 heavy (non-hydrogen) atoms. The molecule has 1 aliphatic heterocycles. The fourth-order valence-electron chi connectivity index (χ4n) is 2.86. The van der Waals surface area contributed by atoms with E-state index in [0.29, 0.717) is 11.2 Å². The number of nitrogens with zero attached hydrogens (tertiary/aromatic N) is 1. The van der Waals surface area contributed by atoms with Crippen LogP contribution in [0.25, 0.3) is 10.8 Å². The van der Waals surface area contributed by atoms with Crippen molar-refractivity contribution < 1.29 is 4.74 Å². The van der Waals surface area contributed by atoms with Crippen LogP contribution in [0, 0.1) is 0 Å². The third kappa shape index (κ3) is 2.02. The summed E-state index contributed by atoms with van der Waals surface area (Å²) >= 11 is 0. The van der Waals surface area contributed by atoms with E-state index >= 15 is 0 Å². The van der Waals surface area contributed by atoms with E-state index in [1.807, 2.05) is 37.3 Å². The van der Waals surface area contributed by atoms with Gasteiger partial charge in [-0.3, -0.25) is 9.36 Å². The summed E-state index contributed by atoms with van der Waals surface area (Å²) in [6, 6.07) is 9.38. The molecule has 2 N–H and O–H groups in total. The molecule has 0 amide bonds. The van der Waals surface area contributed by atoms with Crippen LogP contribution in [-0.2, 0) is 4.74 Å². The molecule has 2 unspecified atom stereocenters. The highest BCUT2D eigenvalue weighted by molar-refractivity contribution is 5.83. The number of hydrogen-bond donors (Lipinski definition) is 1. The molecule has 2 heterocycles. The molecule has 1 fully saturated rings. The zero-order valence-electron chi connectivity index (χ0n) is 11.0. The van der Waals surface area contributed by atoms with E-state index in [0.717, 1.165) is 24.8 Å². The molecule has 4 heteroatoms. The van der Waals surface area contributed by atoms with Crippen molar-refractivity contribution >= 4 is 16.6 Å². The summed E-state index contributed by atoms with van der Waals surface area (Å²) in [5.41, 5.74) is 6.03. The molecule has 0 aliphatic carbocycles. The van der Waals surface area contributed by atoms with Gasteiger partial charge in [-0.25, -0.2) is 0 Å². The van der Waals surface area contributed by atoms with E-state index in [-0.39, 0.29) is 17.7 Å². The minimum absolute atomic E-state index is 0.0281. The molecular formula is C15H18N2O2. The number of fused-ring (bicyclic) bond motifs is 1. The molecule has 2 aromatic rings. The van der Waals surface area contributed by atoms with Crippen LogP contribution in [-0.4, -0.2) is 17.3 Å². The lowest BCUT2D eigenvalue weighted by Crippen LogP contribution is -2.32. The van der Waals surface area contributed by atoms with Gasteiger partial charge >= 0.3 is 0 Å².